The van der Waals surface area contributed by atoms with Crippen LogP contribution in [0.1, 0.15) is 24.4 Å². The van der Waals surface area contributed by atoms with Crippen molar-refractivity contribution < 1.29 is 4.42 Å². The molecule has 88 valence electrons. The van der Waals surface area contributed by atoms with Gasteiger partial charge in [-0.15, -0.1) is 0 Å². The predicted molar refractivity (Wildman–Crippen MR) is 65.9 cm³/mol. The van der Waals surface area contributed by atoms with Gasteiger partial charge < -0.3 is 9.73 Å². The highest BCUT2D eigenvalue weighted by molar-refractivity contribution is 5.62. The number of hydrogen-bond donors (Lipinski definition) is 1. The summed E-state index contributed by atoms with van der Waals surface area (Å²) in [6, 6.07) is 4.49. The number of anilines is 1. The third-order valence-corrected chi connectivity index (χ3v) is 2.88. The molecule has 2 aromatic rings. The van der Waals surface area contributed by atoms with Crippen LogP contribution in [0.3, 0.4) is 0 Å². The van der Waals surface area contributed by atoms with Crippen LogP contribution in [-0.4, -0.2) is 16.0 Å². The van der Waals surface area contributed by atoms with Gasteiger partial charge in [-0.05, 0) is 38.8 Å². The largest absolute Gasteiger partial charge is 0.466 e. The summed E-state index contributed by atoms with van der Waals surface area (Å²) in [4.78, 5) is 8.74. The lowest BCUT2D eigenvalue weighted by Crippen LogP contribution is -2.05. The van der Waals surface area contributed by atoms with Crippen molar-refractivity contribution in [2.24, 2.45) is 0 Å². The number of furan rings is 1. The highest BCUT2D eigenvalue weighted by Crippen LogP contribution is 2.27. The maximum Gasteiger partial charge on any atom is 0.223 e. The van der Waals surface area contributed by atoms with E-state index in [0.29, 0.717) is 12.0 Å². The molecular formula is C13H15N3O. The van der Waals surface area contributed by atoms with Crippen LogP contribution in [0.2, 0.25) is 0 Å². The molecule has 1 saturated carbocycles. The topological polar surface area (TPSA) is 51.0 Å². The fourth-order valence-corrected chi connectivity index (χ4v) is 1.87. The van der Waals surface area contributed by atoms with Crippen LogP contribution in [0.4, 0.5) is 5.95 Å². The van der Waals surface area contributed by atoms with Gasteiger partial charge in [0.1, 0.15) is 11.5 Å². The highest BCUT2D eigenvalue weighted by atomic mass is 16.3. The molecule has 0 aliphatic heterocycles. The number of nitrogens with one attached hydrogen (secondary N) is 1. The van der Waals surface area contributed by atoms with Gasteiger partial charge in [0.2, 0.25) is 5.95 Å². The Morgan fingerprint density at radius 1 is 1.35 bits per heavy atom. The van der Waals surface area contributed by atoms with Gasteiger partial charge in [-0.3, -0.25) is 0 Å². The second kappa shape index (κ2) is 3.87. The van der Waals surface area contributed by atoms with Gasteiger partial charge in [0.15, 0.2) is 0 Å². The van der Waals surface area contributed by atoms with Crippen molar-refractivity contribution in [3.8, 4) is 11.3 Å². The maximum absolute atomic E-state index is 5.52. The Bertz CT molecular complexity index is 543. The standard InChI is InChI=1S/C13H15N3O/c1-8-7-11(9(2)17-8)12-5-6-14-13(16-12)15-10-3-4-10/h5-7,10H,3-4H2,1-2H3,(H,14,15,16). The lowest BCUT2D eigenvalue weighted by molar-refractivity contribution is 0.505. The molecule has 4 nitrogen and oxygen atoms in total. The molecule has 1 N–H and O–H groups in total. The van der Waals surface area contributed by atoms with E-state index < -0.39 is 0 Å². The van der Waals surface area contributed by atoms with Crippen LogP contribution >= 0.6 is 0 Å². The lowest BCUT2D eigenvalue weighted by atomic mass is 10.2. The Morgan fingerprint density at radius 3 is 2.82 bits per heavy atom. The lowest BCUT2D eigenvalue weighted by Gasteiger charge is -2.04. The minimum Gasteiger partial charge on any atom is -0.466 e. The highest BCUT2D eigenvalue weighted by Gasteiger charge is 2.22. The molecule has 1 aliphatic rings. The molecule has 0 spiro atoms. The van der Waals surface area contributed by atoms with Crippen LogP contribution in [0.15, 0.2) is 22.7 Å². The van der Waals surface area contributed by atoms with Crippen LogP contribution in [0.5, 0.6) is 0 Å². The maximum atomic E-state index is 5.52. The zero-order valence-electron chi connectivity index (χ0n) is 10.0. The molecule has 0 bridgehead atoms. The van der Waals surface area contributed by atoms with E-state index in [-0.39, 0.29) is 0 Å². The molecule has 0 aromatic carbocycles. The van der Waals surface area contributed by atoms with E-state index in [1.54, 1.807) is 6.20 Å². The number of hydrogen-bond acceptors (Lipinski definition) is 4. The van der Waals surface area contributed by atoms with E-state index in [1.807, 2.05) is 26.0 Å². The van der Waals surface area contributed by atoms with Gasteiger partial charge in [-0.1, -0.05) is 0 Å². The summed E-state index contributed by atoms with van der Waals surface area (Å²) in [5.74, 6) is 2.52. The zero-order valence-corrected chi connectivity index (χ0v) is 10.0. The first kappa shape index (κ1) is 10.3. The second-order valence-electron chi connectivity index (χ2n) is 4.51. The van der Waals surface area contributed by atoms with Gasteiger partial charge in [-0.25, -0.2) is 9.97 Å². The molecule has 0 radical (unpaired) electrons. The third-order valence-electron chi connectivity index (χ3n) is 2.88. The molecule has 2 aromatic heterocycles. The van der Waals surface area contributed by atoms with Gasteiger partial charge in [0, 0.05) is 17.8 Å². The van der Waals surface area contributed by atoms with Crippen molar-refractivity contribution in [1.29, 1.82) is 0 Å². The van der Waals surface area contributed by atoms with Crippen molar-refractivity contribution >= 4 is 5.95 Å². The summed E-state index contributed by atoms with van der Waals surface area (Å²) < 4.78 is 5.52. The quantitative estimate of drug-likeness (QED) is 0.879. The van der Waals surface area contributed by atoms with Gasteiger partial charge in [0.25, 0.3) is 0 Å². The number of aromatic nitrogens is 2. The van der Waals surface area contributed by atoms with Crippen LogP contribution < -0.4 is 5.32 Å². The van der Waals surface area contributed by atoms with Gasteiger partial charge >= 0.3 is 0 Å². The van der Waals surface area contributed by atoms with Crippen LogP contribution in [0, 0.1) is 13.8 Å². The monoisotopic (exact) mass is 229 g/mol. The Morgan fingerprint density at radius 2 is 2.18 bits per heavy atom. The normalized spacial score (nSPS) is 14.9. The van der Waals surface area contributed by atoms with Crippen molar-refractivity contribution in [3.05, 3.63) is 29.9 Å². The summed E-state index contributed by atoms with van der Waals surface area (Å²) in [7, 11) is 0. The Balaban J connectivity index is 1.93. The summed E-state index contributed by atoms with van der Waals surface area (Å²) in [5, 5.41) is 3.30. The molecule has 1 fully saturated rings. The Kier molecular flexibility index (Phi) is 2.35. The number of rotatable bonds is 3. The van der Waals surface area contributed by atoms with E-state index in [9.17, 15) is 0 Å². The summed E-state index contributed by atoms with van der Waals surface area (Å²) in [6.45, 7) is 3.90. The zero-order chi connectivity index (χ0) is 11.8. The predicted octanol–water partition coefficient (Wildman–Crippen LogP) is 2.93. The van der Waals surface area contributed by atoms with E-state index >= 15 is 0 Å². The van der Waals surface area contributed by atoms with E-state index in [1.165, 1.54) is 12.8 Å². The first-order valence-corrected chi connectivity index (χ1v) is 5.89. The Hall–Kier alpha value is -1.84. The molecule has 0 unspecified atom stereocenters. The van der Waals surface area contributed by atoms with Crippen molar-refractivity contribution in [1.82, 2.24) is 9.97 Å². The molecule has 1 aliphatic carbocycles. The minimum atomic E-state index is 0.567. The number of aryl methyl sites for hydroxylation is 2. The molecule has 4 heteroatoms. The summed E-state index contributed by atoms with van der Waals surface area (Å²) in [5.41, 5.74) is 1.96. The molecule has 0 saturated heterocycles. The van der Waals surface area contributed by atoms with Gasteiger partial charge in [-0.2, -0.15) is 0 Å². The molecule has 0 atom stereocenters. The first-order chi connectivity index (χ1) is 8.22. The third kappa shape index (κ3) is 2.16. The van der Waals surface area contributed by atoms with Crippen LogP contribution in [-0.2, 0) is 0 Å². The van der Waals surface area contributed by atoms with Gasteiger partial charge in [0.05, 0.1) is 5.69 Å². The second-order valence-corrected chi connectivity index (χ2v) is 4.51. The Labute approximate surface area is 100 Å². The van der Waals surface area contributed by atoms with Crippen molar-refractivity contribution in [2.75, 3.05) is 5.32 Å². The molecule has 17 heavy (non-hydrogen) atoms. The van der Waals surface area contributed by atoms with Crippen molar-refractivity contribution in [2.45, 2.75) is 32.7 Å². The molecule has 2 heterocycles. The summed E-state index contributed by atoms with van der Waals surface area (Å²) in [6.07, 6.45) is 4.23. The van der Waals surface area contributed by atoms with E-state index in [4.69, 9.17) is 4.42 Å². The van der Waals surface area contributed by atoms with Crippen LogP contribution in [0.25, 0.3) is 11.3 Å². The van der Waals surface area contributed by atoms with E-state index in [0.717, 1.165) is 22.8 Å². The molecular weight excluding hydrogens is 214 g/mol. The average molecular weight is 229 g/mol. The van der Waals surface area contributed by atoms with E-state index in [2.05, 4.69) is 15.3 Å². The van der Waals surface area contributed by atoms with Crippen molar-refractivity contribution in [3.63, 3.8) is 0 Å². The molecule has 3 rings (SSSR count). The fraction of sp³-hybridized carbons (Fsp3) is 0.385. The fourth-order valence-electron chi connectivity index (χ4n) is 1.87. The molecule has 0 amide bonds. The SMILES string of the molecule is Cc1cc(-c2ccnc(NC3CC3)n2)c(C)o1. The average Bonchev–Trinajstić information content (AvgIpc) is 3.03. The summed E-state index contributed by atoms with van der Waals surface area (Å²) >= 11 is 0. The minimum absolute atomic E-state index is 0.567. The number of nitrogens with zero attached hydrogens (tertiary/aromatic N) is 2. The smallest absolute Gasteiger partial charge is 0.223 e. The first-order valence-electron chi connectivity index (χ1n) is 5.89.